The third-order valence-electron chi connectivity index (χ3n) is 4.55. The van der Waals surface area contributed by atoms with Gasteiger partial charge in [-0.05, 0) is 41.9 Å². The van der Waals surface area contributed by atoms with Gasteiger partial charge in [-0.15, -0.1) is 0 Å². The Bertz CT molecular complexity index is 487. The fourth-order valence-corrected chi connectivity index (χ4v) is 2.98. The Morgan fingerprint density at radius 1 is 1.18 bits per heavy atom. The van der Waals surface area contributed by atoms with E-state index in [4.69, 9.17) is 4.74 Å². The molecule has 1 aromatic carbocycles. The first-order valence-electron chi connectivity index (χ1n) is 8.39. The second-order valence-corrected chi connectivity index (χ2v) is 7.50. The van der Waals surface area contributed by atoms with Gasteiger partial charge in [0.15, 0.2) is 6.61 Å². The van der Waals surface area contributed by atoms with Crippen molar-refractivity contribution in [2.45, 2.75) is 64.8 Å². The van der Waals surface area contributed by atoms with Crippen molar-refractivity contribution >= 4 is 5.91 Å². The van der Waals surface area contributed by atoms with Gasteiger partial charge in [0.05, 0.1) is 0 Å². The first-order chi connectivity index (χ1) is 10.4. The van der Waals surface area contributed by atoms with Crippen LogP contribution in [0.25, 0.3) is 0 Å². The minimum absolute atomic E-state index is 0.0151. The van der Waals surface area contributed by atoms with Gasteiger partial charge >= 0.3 is 0 Å². The normalized spacial score (nSPS) is 22.2. The highest BCUT2D eigenvalue weighted by Crippen LogP contribution is 2.25. The first-order valence-corrected chi connectivity index (χ1v) is 8.39. The summed E-state index contributed by atoms with van der Waals surface area (Å²) in [5, 5.41) is 3.11. The summed E-state index contributed by atoms with van der Waals surface area (Å²) in [6, 6.07) is 8.33. The fourth-order valence-electron chi connectivity index (χ4n) is 2.98. The van der Waals surface area contributed by atoms with Gasteiger partial charge in [-0.2, -0.15) is 0 Å². The summed E-state index contributed by atoms with van der Waals surface area (Å²) >= 11 is 0. The van der Waals surface area contributed by atoms with Gasteiger partial charge in [0.2, 0.25) is 0 Å². The molecule has 0 heterocycles. The maximum atomic E-state index is 12.0. The molecule has 2 unspecified atom stereocenters. The van der Waals surface area contributed by atoms with Crippen LogP contribution in [-0.4, -0.2) is 18.6 Å². The van der Waals surface area contributed by atoms with Gasteiger partial charge in [0, 0.05) is 6.04 Å². The summed E-state index contributed by atoms with van der Waals surface area (Å²) in [7, 11) is 0. The molecule has 22 heavy (non-hydrogen) atoms. The molecular weight excluding hydrogens is 274 g/mol. The molecule has 1 saturated carbocycles. The van der Waals surface area contributed by atoms with Gasteiger partial charge in [-0.25, -0.2) is 0 Å². The number of ether oxygens (including phenoxy) is 1. The van der Waals surface area contributed by atoms with E-state index in [1.807, 2.05) is 12.1 Å². The van der Waals surface area contributed by atoms with E-state index in [2.05, 4.69) is 45.1 Å². The highest BCUT2D eigenvalue weighted by Gasteiger charge is 2.22. The van der Waals surface area contributed by atoms with E-state index in [1.165, 1.54) is 24.8 Å². The number of hydrogen-bond donors (Lipinski definition) is 1. The van der Waals surface area contributed by atoms with E-state index < -0.39 is 0 Å². The molecular formula is C19H29NO2. The Labute approximate surface area is 134 Å². The third-order valence-corrected chi connectivity index (χ3v) is 4.55. The molecule has 0 aromatic heterocycles. The molecule has 1 N–H and O–H groups in total. The first kappa shape index (κ1) is 16.9. The number of hydrogen-bond acceptors (Lipinski definition) is 2. The zero-order chi connectivity index (χ0) is 16.2. The molecule has 2 atom stereocenters. The largest absolute Gasteiger partial charge is 0.484 e. The second kappa shape index (κ2) is 7.17. The summed E-state index contributed by atoms with van der Waals surface area (Å²) in [6.45, 7) is 8.86. The van der Waals surface area contributed by atoms with Crippen molar-refractivity contribution in [1.29, 1.82) is 0 Å². The second-order valence-electron chi connectivity index (χ2n) is 7.50. The lowest BCUT2D eigenvalue weighted by molar-refractivity contribution is -0.124. The lowest BCUT2D eigenvalue weighted by Gasteiger charge is -2.29. The van der Waals surface area contributed by atoms with Crippen molar-refractivity contribution in [3.63, 3.8) is 0 Å². The molecule has 0 spiro atoms. The minimum atomic E-state index is -0.0151. The van der Waals surface area contributed by atoms with Crippen molar-refractivity contribution < 1.29 is 9.53 Å². The van der Waals surface area contributed by atoms with Crippen LogP contribution in [0.2, 0.25) is 0 Å². The number of benzene rings is 1. The van der Waals surface area contributed by atoms with Crippen LogP contribution in [0, 0.1) is 5.92 Å². The number of carbonyl (C=O) groups is 1. The van der Waals surface area contributed by atoms with Crippen LogP contribution in [0.3, 0.4) is 0 Å². The molecule has 0 saturated heterocycles. The average Bonchev–Trinajstić information content (AvgIpc) is 2.47. The van der Waals surface area contributed by atoms with E-state index in [-0.39, 0.29) is 17.9 Å². The molecule has 3 nitrogen and oxygen atoms in total. The Hall–Kier alpha value is -1.51. The molecule has 122 valence electrons. The number of amides is 1. The van der Waals surface area contributed by atoms with Gasteiger partial charge in [0.25, 0.3) is 5.91 Å². The molecule has 1 aliphatic rings. The minimum Gasteiger partial charge on any atom is -0.484 e. The summed E-state index contributed by atoms with van der Waals surface area (Å²) in [4.78, 5) is 12.0. The van der Waals surface area contributed by atoms with Crippen LogP contribution in [0.5, 0.6) is 5.75 Å². The monoisotopic (exact) mass is 303 g/mol. The van der Waals surface area contributed by atoms with Crippen molar-refractivity contribution in [2.24, 2.45) is 5.92 Å². The smallest absolute Gasteiger partial charge is 0.258 e. The van der Waals surface area contributed by atoms with E-state index in [9.17, 15) is 4.79 Å². The SMILES string of the molecule is CC1CCCCC1NC(=O)COc1ccc(C(C)(C)C)cc1. The highest BCUT2D eigenvalue weighted by molar-refractivity contribution is 5.77. The Balaban J connectivity index is 1.81. The van der Waals surface area contributed by atoms with E-state index in [0.717, 1.165) is 12.2 Å². The van der Waals surface area contributed by atoms with E-state index in [1.54, 1.807) is 0 Å². The number of nitrogens with one attached hydrogen (secondary N) is 1. The van der Waals surface area contributed by atoms with Crippen LogP contribution >= 0.6 is 0 Å². The molecule has 1 aromatic rings. The topological polar surface area (TPSA) is 38.3 Å². The van der Waals surface area contributed by atoms with Crippen LogP contribution in [0.15, 0.2) is 24.3 Å². The number of carbonyl (C=O) groups excluding carboxylic acids is 1. The predicted molar refractivity (Wildman–Crippen MR) is 90.2 cm³/mol. The van der Waals surface area contributed by atoms with Gasteiger partial charge in [-0.1, -0.05) is 52.7 Å². The Morgan fingerprint density at radius 2 is 1.82 bits per heavy atom. The van der Waals surface area contributed by atoms with Crippen molar-refractivity contribution in [3.8, 4) is 5.75 Å². The van der Waals surface area contributed by atoms with Crippen molar-refractivity contribution in [3.05, 3.63) is 29.8 Å². The molecule has 1 amide bonds. The van der Waals surface area contributed by atoms with Gasteiger partial charge in [-0.3, -0.25) is 4.79 Å². The molecule has 1 aliphatic carbocycles. The standard InChI is InChI=1S/C19H29NO2/c1-14-7-5-6-8-17(14)20-18(21)13-22-16-11-9-15(10-12-16)19(2,3)4/h9-12,14,17H,5-8,13H2,1-4H3,(H,20,21). The lowest BCUT2D eigenvalue weighted by atomic mass is 9.86. The van der Waals surface area contributed by atoms with Crippen LogP contribution < -0.4 is 10.1 Å². The Kier molecular flexibility index (Phi) is 5.49. The predicted octanol–water partition coefficient (Wildman–Crippen LogP) is 4.06. The molecule has 2 rings (SSSR count). The zero-order valence-corrected chi connectivity index (χ0v) is 14.3. The lowest BCUT2D eigenvalue weighted by Crippen LogP contribution is -2.43. The molecule has 0 aliphatic heterocycles. The molecule has 0 radical (unpaired) electrons. The maximum Gasteiger partial charge on any atom is 0.258 e. The van der Waals surface area contributed by atoms with Crippen molar-refractivity contribution in [1.82, 2.24) is 5.32 Å². The third kappa shape index (κ3) is 4.75. The quantitative estimate of drug-likeness (QED) is 0.911. The average molecular weight is 303 g/mol. The summed E-state index contributed by atoms with van der Waals surface area (Å²) in [5.74, 6) is 1.31. The fraction of sp³-hybridized carbons (Fsp3) is 0.632. The molecule has 0 bridgehead atoms. The number of rotatable bonds is 4. The summed E-state index contributed by atoms with van der Waals surface area (Å²) in [5.41, 5.74) is 1.40. The van der Waals surface area contributed by atoms with Crippen LogP contribution in [0.1, 0.15) is 58.9 Å². The van der Waals surface area contributed by atoms with E-state index >= 15 is 0 Å². The summed E-state index contributed by atoms with van der Waals surface area (Å²) < 4.78 is 5.60. The van der Waals surface area contributed by atoms with Crippen LogP contribution in [-0.2, 0) is 10.2 Å². The van der Waals surface area contributed by atoms with Gasteiger partial charge in [0.1, 0.15) is 5.75 Å². The molecule has 3 heteroatoms. The van der Waals surface area contributed by atoms with Gasteiger partial charge < -0.3 is 10.1 Å². The van der Waals surface area contributed by atoms with Crippen molar-refractivity contribution in [2.75, 3.05) is 6.61 Å². The van der Waals surface area contributed by atoms with Crippen LogP contribution in [0.4, 0.5) is 0 Å². The molecule has 1 fully saturated rings. The zero-order valence-electron chi connectivity index (χ0n) is 14.3. The maximum absolute atomic E-state index is 12.0. The Morgan fingerprint density at radius 3 is 2.41 bits per heavy atom. The van der Waals surface area contributed by atoms with E-state index in [0.29, 0.717) is 12.0 Å². The summed E-state index contributed by atoms with van der Waals surface area (Å²) in [6.07, 6.45) is 4.79. The highest BCUT2D eigenvalue weighted by atomic mass is 16.5.